The number of aromatic nitrogens is 2. The summed E-state index contributed by atoms with van der Waals surface area (Å²) in [6.45, 7) is 0. The van der Waals surface area contributed by atoms with Gasteiger partial charge >= 0.3 is 0 Å². The molecule has 18 heavy (non-hydrogen) atoms. The predicted molar refractivity (Wildman–Crippen MR) is 71.2 cm³/mol. The molecule has 1 heterocycles. The first-order chi connectivity index (χ1) is 8.58. The Bertz CT molecular complexity index is 561. The summed E-state index contributed by atoms with van der Waals surface area (Å²) in [4.78, 5) is 0. The summed E-state index contributed by atoms with van der Waals surface area (Å²) in [5.41, 5.74) is 7.14. The van der Waals surface area contributed by atoms with Gasteiger partial charge in [-0.2, -0.15) is 5.10 Å². The van der Waals surface area contributed by atoms with Crippen molar-refractivity contribution >= 4 is 17.4 Å². The summed E-state index contributed by atoms with van der Waals surface area (Å²) in [6.07, 6.45) is 0. The Morgan fingerprint density at radius 2 is 2.00 bits per heavy atom. The van der Waals surface area contributed by atoms with Crippen LogP contribution < -0.4 is 15.2 Å². The summed E-state index contributed by atoms with van der Waals surface area (Å²) in [6, 6.07) is 5.23. The maximum absolute atomic E-state index is 6.11. The molecule has 2 N–H and O–H groups in total. The molecule has 1 aromatic carbocycles. The first-order valence-corrected chi connectivity index (χ1v) is 5.66. The van der Waals surface area contributed by atoms with Crippen LogP contribution in [-0.4, -0.2) is 24.0 Å². The number of methoxy groups -OCH3 is 2. The minimum Gasteiger partial charge on any atom is -0.496 e. The molecule has 96 valence electrons. The van der Waals surface area contributed by atoms with Crippen molar-refractivity contribution in [2.45, 2.75) is 0 Å². The van der Waals surface area contributed by atoms with E-state index in [9.17, 15) is 0 Å². The third-order valence-corrected chi connectivity index (χ3v) is 2.97. The SMILES string of the molecule is COc1ccc(Cl)c(OC)c1-c1cc(N)n(C)n1. The maximum atomic E-state index is 6.11. The molecule has 5 nitrogen and oxygen atoms in total. The molecule has 0 aliphatic heterocycles. The highest BCUT2D eigenvalue weighted by molar-refractivity contribution is 6.32. The summed E-state index contributed by atoms with van der Waals surface area (Å²) in [5, 5.41) is 4.81. The van der Waals surface area contributed by atoms with Gasteiger partial charge in [0.05, 0.1) is 24.8 Å². The monoisotopic (exact) mass is 267 g/mol. The number of ether oxygens (including phenoxy) is 2. The normalized spacial score (nSPS) is 10.4. The highest BCUT2D eigenvalue weighted by Gasteiger charge is 2.18. The Morgan fingerprint density at radius 1 is 1.28 bits per heavy atom. The van der Waals surface area contributed by atoms with Crippen molar-refractivity contribution in [3.8, 4) is 22.8 Å². The second kappa shape index (κ2) is 4.78. The van der Waals surface area contributed by atoms with Gasteiger partial charge in [-0.05, 0) is 12.1 Å². The Morgan fingerprint density at radius 3 is 2.50 bits per heavy atom. The molecule has 2 aromatic rings. The molecule has 0 saturated carbocycles. The average Bonchev–Trinajstić information content (AvgIpc) is 2.69. The number of anilines is 1. The van der Waals surface area contributed by atoms with Crippen molar-refractivity contribution in [1.82, 2.24) is 9.78 Å². The molecule has 0 atom stereocenters. The fraction of sp³-hybridized carbons (Fsp3) is 0.250. The Hall–Kier alpha value is -1.88. The van der Waals surface area contributed by atoms with E-state index in [1.807, 2.05) is 0 Å². The number of nitrogen functional groups attached to an aromatic ring is 1. The zero-order valence-electron chi connectivity index (χ0n) is 10.4. The van der Waals surface area contributed by atoms with Crippen LogP contribution in [-0.2, 0) is 7.05 Å². The van der Waals surface area contributed by atoms with Crippen LogP contribution >= 0.6 is 11.6 Å². The maximum Gasteiger partial charge on any atom is 0.150 e. The van der Waals surface area contributed by atoms with Crippen LogP contribution in [0.15, 0.2) is 18.2 Å². The second-order valence-corrected chi connectivity index (χ2v) is 4.14. The number of rotatable bonds is 3. The third kappa shape index (κ3) is 1.97. The lowest BCUT2D eigenvalue weighted by molar-refractivity contribution is 0.397. The summed E-state index contributed by atoms with van der Waals surface area (Å²) in [5.74, 6) is 1.71. The van der Waals surface area contributed by atoms with Gasteiger partial charge in [0.25, 0.3) is 0 Å². The standard InChI is InChI=1S/C12H14ClN3O2/c1-16-10(14)6-8(15-16)11-9(17-2)5-4-7(13)12(11)18-3/h4-6H,14H2,1-3H3. The van der Waals surface area contributed by atoms with Crippen molar-refractivity contribution in [2.75, 3.05) is 20.0 Å². The third-order valence-electron chi connectivity index (χ3n) is 2.67. The van der Waals surface area contributed by atoms with Crippen molar-refractivity contribution in [3.63, 3.8) is 0 Å². The Labute approximate surface area is 110 Å². The van der Waals surface area contributed by atoms with E-state index in [-0.39, 0.29) is 0 Å². The molecule has 0 saturated heterocycles. The minimum absolute atomic E-state index is 0.498. The highest BCUT2D eigenvalue weighted by Crippen LogP contribution is 2.42. The molecular weight excluding hydrogens is 254 g/mol. The molecule has 0 fully saturated rings. The number of halogens is 1. The van der Waals surface area contributed by atoms with Gasteiger partial charge in [-0.15, -0.1) is 0 Å². The van der Waals surface area contributed by atoms with Crippen molar-refractivity contribution in [3.05, 3.63) is 23.2 Å². The Balaban J connectivity index is 2.71. The van der Waals surface area contributed by atoms with Crippen LogP contribution in [0.25, 0.3) is 11.3 Å². The van der Waals surface area contributed by atoms with Gasteiger partial charge in [0, 0.05) is 13.1 Å². The van der Waals surface area contributed by atoms with Gasteiger partial charge in [0.15, 0.2) is 5.75 Å². The quantitative estimate of drug-likeness (QED) is 0.927. The van der Waals surface area contributed by atoms with Gasteiger partial charge in [0.1, 0.15) is 17.3 Å². The number of nitrogens with two attached hydrogens (primary N) is 1. The van der Waals surface area contributed by atoms with Crippen LogP contribution in [0.4, 0.5) is 5.82 Å². The number of hydrogen-bond acceptors (Lipinski definition) is 4. The second-order valence-electron chi connectivity index (χ2n) is 3.74. The topological polar surface area (TPSA) is 62.3 Å². The van der Waals surface area contributed by atoms with Gasteiger partial charge in [-0.3, -0.25) is 4.68 Å². The van der Waals surface area contributed by atoms with E-state index in [2.05, 4.69) is 5.10 Å². The number of aryl methyl sites for hydroxylation is 1. The molecule has 0 unspecified atom stereocenters. The van der Waals surface area contributed by atoms with Crippen molar-refractivity contribution in [2.24, 2.45) is 7.05 Å². The van der Waals surface area contributed by atoms with E-state index in [0.717, 1.165) is 0 Å². The molecule has 6 heteroatoms. The zero-order valence-corrected chi connectivity index (χ0v) is 11.2. The van der Waals surface area contributed by atoms with E-state index in [0.29, 0.717) is 33.6 Å². The van der Waals surface area contributed by atoms with E-state index in [4.69, 9.17) is 26.8 Å². The Kier molecular flexibility index (Phi) is 3.34. The average molecular weight is 268 g/mol. The fourth-order valence-electron chi connectivity index (χ4n) is 1.76. The van der Waals surface area contributed by atoms with Gasteiger partial charge in [0.2, 0.25) is 0 Å². The summed E-state index contributed by atoms with van der Waals surface area (Å²) >= 11 is 6.11. The molecule has 2 rings (SSSR count). The number of benzene rings is 1. The zero-order chi connectivity index (χ0) is 13.3. The molecule has 0 aliphatic rings. The first kappa shape index (κ1) is 12.6. The van der Waals surface area contributed by atoms with Crippen LogP contribution in [0.1, 0.15) is 0 Å². The lowest BCUT2D eigenvalue weighted by Crippen LogP contribution is -1.97. The summed E-state index contributed by atoms with van der Waals surface area (Å²) in [7, 11) is 4.90. The van der Waals surface area contributed by atoms with Crippen LogP contribution in [0.2, 0.25) is 5.02 Å². The summed E-state index contributed by atoms with van der Waals surface area (Å²) < 4.78 is 12.2. The molecule has 0 radical (unpaired) electrons. The minimum atomic E-state index is 0.498. The van der Waals surface area contributed by atoms with Crippen LogP contribution in [0.3, 0.4) is 0 Å². The fourth-order valence-corrected chi connectivity index (χ4v) is 1.99. The van der Waals surface area contributed by atoms with E-state index in [1.165, 1.54) is 0 Å². The highest BCUT2D eigenvalue weighted by atomic mass is 35.5. The molecular formula is C12H14ClN3O2. The smallest absolute Gasteiger partial charge is 0.150 e. The van der Waals surface area contributed by atoms with E-state index in [1.54, 1.807) is 44.1 Å². The van der Waals surface area contributed by atoms with Crippen LogP contribution in [0.5, 0.6) is 11.5 Å². The first-order valence-electron chi connectivity index (χ1n) is 5.28. The van der Waals surface area contributed by atoms with Crippen molar-refractivity contribution in [1.29, 1.82) is 0 Å². The van der Waals surface area contributed by atoms with Crippen molar-refractivity contribution < 1.29 is 9.47 Å². The van der Waals surface area contributed by atoms with E-state index >= 15 is 0 Å². The molecule has 0 bridgehead atoms. The lowest BCUT2D eigenvalue weighted by Gasteiger charge is -2.12. The molecule has 1 aromatic heterocycles. The van der Waals surface area contributed by atoms with Gasteiger partial charge < -0.3 is 15.2 Å². The molecule has 0 amide bonds. The largest absolute Gasteiger partial charge is 0.496 e. The number of hydrogen-bond donors (Lipinski definition) is 1. The predicted octanol–water partition coefficient (Wildman–Crippen LogP) is 2.34. The van der Waals surface area contributed by atoms with Gasteiger partial charge in [-0.1, -0.05) is 11.6 Å². The molecule has 0 aliphatic carbocycles. The van der Waals surface area contributed by atoms with Gasteiger partial charge in [-0.25, -0.2) is 0 Å². The number of nitrogens with zero attached hydrogens (tertiary/aromatic N) is 2. The van der Waals surface area contributed by atoms with Crippen LogP contribution in [0, 0.1) is 0 Å². The van der Waals surface area contributed by atoms with E-state index < -0.39 is 0 Å². The molecule has 0 spiro atoms. The lowest BCUT2D eigenvalue weighted by atomic mass is 10.1.